The highest BCUT2D eigenvalue weighted by Gasteiger charge is 2.08. The minimum Gasteiger partial charge on any atom is -0.439 e. The van der Waals surface area contributed by atoms with E-state index in [4.69, 9.17) is 4.74 Å². The maximum absolute atomic E-state index is 5.88. The van der Waals surface area contributed by atoms with Crippen LogP contribution in [-0.4, -0.2) is 9.97 Å². The van der Waals surface area contributed by atoms with Gasteiger partial charge in [-0.2, -0.15) is 4.98 Å². The minimum atomic E-state index is 0.517. The summed E-state index contributed by atoms with van der Waals surface area (Å²) < 4.78 is 6.64. The van der Waals surface area contributed by atoms with Crippen molar-refractivity contribution in [2.45, 2.75) is 46.5 Å². The van der Waals surface area contributed by atoms with Crippen LogP contribution in [0.25, 0.3) is 0 Å². The molecule has 0 bridgehead atoms. The molecular formula is C17H21BrN2O. The average Bonchev–Trinajstić information content (AvgIpc) is 2.37. The average molecular weight is 349 g/mol. The van der Waals surface area contributed by atoms with Crippen LogP contribution >= 0.6 is 15.9 Å². The van der Waals surface area contributed by atoms with E-state index in [9.17, 15) is 0 Å². The number of hydrogen-bond donors (Lipinski definition) is 0. The van der Waals surface area contributed by atoms with Gasteiger partial charge in [0, 0.05) is 12.5 Å². The largest absolute Gasteiger partial charge is 0.439 e. The Morgan fingerprint density at radius 3 is 2.57 bits per heavy atom. The van der Waals surface area contributed by atoms with Crippen molar-refractivity contribution in [3.8, 4) is 11.6 Å². The third-order valence-electron chi connectivity index (χ3n) is 3.28. The van der Waals surface area contributed by atoms with Crippen molar-refractivity contribution in [2.75, 3.05) is 0 Å². The molecule has 0 saturated heterocycles. The highest BCUT2D eigenvalue weighted by molar-refractivity contribution is 9.10. The normalized spacial score (nSPS) is 11.0. The van der Waals surface area contributed by atoms with E-state index in [1.54, 1.807) is 6.07 Å². The molecule has 0 saturated carbocycles. The highest BCUT2D eigenvalue weighted by atomic mass is 79.9. The van der Waals surface area contributed by atoms with Crippen LogP contribution in [-0.2, 0) is 6.42 Å². The van der Waals surface area contributed by atoms with Crippen molar-refractivity contribution in [3.05, 3.63) is 45.8 Å². The fourth-order valence-electron chi connectivity index (χ4n) is 2.31. The van der Waals surface area contributed by atoms with Crippen LogP contribution in [0.3, 0.4) is 0 Å². The van der Waals surface area contributed by atoms with E-state index in [2.05, 4.69) is 65.7 Å². The Morgan fingerprint density at radius 1 is 1.19 bits per heavy atom. The molecule has 21 heavy (non-hydrogen) atoms. The summed E-state index contributed by atoms with van der Waals surface area (Å²) in [6.45, 7) is 8.61. The fourth-order valence-corrected chi connectivity index (χ4v) is 2.71. The van der Waals surface area contributed by atoms with Crippen LogP contribution in [0.5, 0.6) is 11.6 Å². The molecule has 0 fully saturated rings. The van der Waals surface area contributed by atoms with Gasteiger partial charge < -0.3 is 4.74 Å². The molecule has 2 aromatic rings. The van der Waals surface area contributed by atoms with Gasteiger partial charge in [-0.25, -0.2) is 4.98 Å². The monoisotopic (exact) mass is 348 g/mol. The van der Waals surface area contributed by atoms with Crippen molar-refractivity contribution in [2.24, 2.45) is 0 Å². The molecule has 0 N–H and O–H groups in total. The lowest BCUT2D eigenvalue weighted by atomic mass is 9.98. The predicted molar refractivity (Wildman–Crippen MR) is 89.1 cm³/mol. The summed E-state index contributed by atoms with van der Waals surface area (Å²) in [4.78, 5) is 8.79. The summed E-state index contributed by atoms with van der Waals surface area (Å²) in [6, 6.07) is 7.98. The number of hydrogen-bond acceptors (Lipinski definition) is 3. The Balaban J connectivity index is 2.23. The molecule has 0 aliphatic carbocycles. The topological polar surface area (TPSA) is 35.0 Å². The highest BCUT2D eigenvalue weighted by Crippen LogP contribution is 2.27. The molecule has 0 radical (unpaired) electrons. The summed E-state index contributed by atoms with van der Waals surface area (Å²) in [7, 11) is 0. The zero-order valence-electron chi connectivity index (χ0n) is 13.0. The van der Waals surface area contributed by atoms with Gasteiger partial charge in [0.05, 0.1) is 0 Å². The minimum absolute atomic E-state index is 0.517. The summed E-state index contributed by atoms with van der Waals surface area (Å²) in [5, 5.41) is 0. The van der Waals surface area contributed by atoms with Gasteiger partial charge in [-0.15, -0.1) is 0 Å². The second-order valence-corrected chi connectivity index (χ2v) is 6.28. The van der Waals surface area contributed by atoms with Crippen molar-refractivity contribution in [1.82, 2.24) is 9.97 Å². The van der Waals surface area contributed by atoms with E-state index in [-0.39, 0.29) is 0 Å². The molecule has 0 aliphatic rings. The second-order valence-electron chi connectivity index (χ2n) is 5.47. The first-order valence-corrected chi connectivity index (χ1v) is 8.10. The van der Waals surface area contributed by atoms with Gasteiger partial charge in [-0.3, -0.25) is 0 Å². The van der Waals surface area contributed by atoms with E-state index < -0.39 is 0 Å². The molecule has 0 amide bonds. The first-order chi connectivity index (χ1) is 9.99. The lowest BCUT2D eigenvalue weighted by Gasteiger charge is -2.12. The Labute approximate surface area is 134 Å². The second kappa shape index (κ2) is 7.03. The number of rotatable bonds is 5. The molecule has 4 heteroatoms. The summed E-state index contributed by atoms with van der Waals surface area (Å²) >= 11 is 3.41. The maximum Gasteiger partial charge on any atom is 0.223 e. The summed E-state index contributed by atoms with van der Waals surface area (Å²) in [5.74, 6) is 2.71. The number of benzene rings is 1. The molecule has 0 aliphatic heterocycles. The maximum atomic E-state index is 5.88. The lowest BCUT2D eigenvalue weighted by molar-refractivity contribution is 0.457. The molecular weight excluding hydrogens is 328 g/mol. The number of aromatic nitrogens is 2. The van der Waals surface area contributed by atoms with Gasteiger partial charge in [0.2, 0.25) is 5.88 Å². The van der Waals surface area contributed by atoms with Crippen molar-refractivity contribution >= 4 is 15.9 Å². The van der Waals surface area contributed by atoms with Crippen LogP contribution in [0.4, 0.5) is 0 Å². The first kappa shape index (κ1) is 16.0. The molecule has 0 atom stereocenters. The van der Waals surface area contributed by atoms with Crippen LogP contribution in [0.1, 0.15) is 50.1 Å². The lowest BCUT2D eigenvalue weighted by Crippen LogP contribution is -1.98. The van der Waals surface area contributed by atoms with Crippen molar-refractivity contribution in [1.29, 1.82) is 0 Å². The Hall–Kier alpha value is -1.42. The Kier molecular flexibility index (Phi) is 5.34. The smallest absolute Gasteiger partial charge is 0.223 e. The van der Waals surface area contributed by atoms with Gasteiger partial charge in [-0.1, -0.05) is 26.8 Å². The van der Waals surface area contributed by atoms with E-state index in [1.807, 2.05) is 6.07 Å². The summed E-state index contributed by atoms with van der Waals surface area (Å²) in [6.07, 6.45) is 1.86. The standard InChI is InChI=1S/C17H21BrN2O/c1-5-6-16-19-15(18)10-17(20-16)21-13-7-8-14(11(2)3)12(4)9-13/h7-11H,5-6H2,1-4H3. The van der Waals surface area contributed by atoms with Crippen LogP contribution in [0, 0.1) is 6.92 Å². The zero-order valence-corrected chi connectivity index (χ0v) is 14.6. The third kappa shape index (κ3) is 4.27. The van der Waals surface area contributed by atoms with E-state index in [0.29, 0.717) is 11.8 Å². The van der Waals surface area contributed by atoms with Crippen molar-refractivity contribution < 1.29 is 4.74 Å². The number of aryl methyl sites for hydroxylation is 2. The van der Waals surface area contributed by atoms with Gasteiger partial charge in [-0.05, 0) is 58.5 Å². The van der Waals surface area contributed by atoms with Gasteiger partial charge in [0.15, 0.2) is 0 Å². The Bertz CT molecular complexity index is 626. The quantitative estimate of drug-likeness (QED) is 0.677. The van der Waals surface area contributed by atoms with Crippen LogP contribution in [0.2, 0.25) is 0 Å². The van der Waals surface area contributed by atoms with Gasteiger partial charge in [0.25, 0.3) is 0 Å². The third-order valence-corrected chi connectivity index (χ3v) is 3.68. The molecule has 1 heterocycles. The number of nitrogens with zero attached hydrogens (tertiary/aromatic N) is 2. The van der Waals surface area contributed by atoms with Gasteiger partial charge >= 0.3 is 0 Å². The fraction of sp³-hybridized carbons (Fsp3) is 0.412. The molecule has 1 aromatic carbocycles. The molecule has 2 rings (SSSR count). The zero-order chi connectivity index (χ0) is 15.4. The van der Waals surface area contributed by atoms with E-state index in [1.165, 1.54) is 11.1 Å². The molecule has 0 unspecified atom stereocenters. The van der Waals surface area contributed by atoms with Crippen LogP contribution < -0.4 is 4.74 Å². The predicted octanol–water partition coefficient (Wildman–Crippen LogP) is 5.42. The van der Waals surface area contributed by atoms with Gasteiger partial charge in [0.1, 0.15) is 16.2 Å². The molecule has 0 spiro atoms. The van der Waals surface area contributed by atoms with Crippen molar-refractivity contribution in [3.63, 3.8) is 0 Å². The SMILES string of the molecule is CCCc1nc(Br)cc(Oc2ccc(C(C)C)c(C)c2)n1. The molecule has 3 nitrogen and oxygen atoms in total. The van der Waals surface area contributed by atoms with E-state index >= 15 is 0 Å². The number of halogens is 1. The molecule has 1 aromatic heterocycles. The number of ether oxygens (including phenoxy) is 1. The molecule has 112 valence electrons. The van der Waals surface area contributed by atoms with E-state index in [0.717, 1.165) is 29.0 Å². The Morgan fingerprint density at radius 2 is 1.95 bits per heavy atom. The van der Waals surface area contributed by atoms with Crippen LogP contribution in [0.15, 0.2) is 28.9 Å². The summed E-state index contributed by atoms with van der Waals surface area (Å²) in [5.41, 5.74) is 2.59. The first-order valence-electron chi connectivity index (χ1n) is 7.31.